The Hall–Kier alpha value is -1.66. The first-order valence-corrected chi connectivity index (χ1v) is 6.54. The zero-order valence-electron chi connectivity index (χ0n) is 10.9. The van der Waals surface area contributed by atoms with Crippen molar-refractivity contribution in [2.75, 3.05) is 13.2 Å². The molecule has 0 spiro atoms. The fraction of sp³-hybridized carbons (Fsp3) is 0.538. The maximum Gasteiger partial charge on any atom is 0.188 e. The minimum Gasteiger partial charge on any atom is -0.409 e. The highest BCUT2D eigenvalue weighted by Gasteiger charge is 2.12. The number of nitrogens with zero attached hydrogens (tertiary/aromatic N) is 2. The van der Waals surface area contributed by atoms with Crippen LogP contribution in [0.25, 0.3) is 0 Å². The molecule has 0 bridgehead atoms. The molecule has 104 valence electrons. The van der Waals surface area contributed by atoms with Gasteiger partial charge in [-0.3, -0.25) is 4.98 Å². The van der Waals surface area contributed by atoms with Gasteiger partial charge in [0.15, 0.2) is 5.84 Å². The molecule has 6 heteroatoms. The van der Waals surface area contributed by atoms with Crippen LogP contribution in [-0.4, -0.2) is 35.3 Å². The van der Waals surface area contributed by atoms with Crippen LogP contribution in [0.1, 0.15) is 30.5 Å². The van der Waals surface area contributed by atoms with E-state index < -0.39 is 0 Å². The number of rotatable bonds is 5. The quantitative estimate of drug-likeness (QED) is 0.317. The molecule has 1 aromatic heterocycles. The second-order valence-corrected chi connectivity index (χ2v) is 4.65. The van der Waals surface area contributed by atoms with Gasteiger partial charge in [0.1, 0.15) is 5.69 Å². The summed E-state index contributed by atoms with van der Waals surface area (Å²) in [5.41, 5.74) is 7.04. The normalized spacial score (nSPS) is 20.4. The molecule has 2 heterocycles. The minimum atomic E-state index is 0.0254. The lowest BCUT2D eigenvalue weighted by Crippen LogP contribution is -2.31. The standard InChI is InChI=1S/C13H20N4O2/c14-13(17-18)12-7-10(4-5-16-12)8-15-9-11-3-1-2-6-19-11/h4-5,7,11,15,18H,1-3,6,8-9H2,(H2,14,17). The van der Waals surface area contributed by atoms with Gasteiger partial charge in [0.05, 0.1) is 6.10 Å². The van der Waals surface area contributed by atoms with Crippen molar-refractivity contribution < 1.29 is 9.94 Å². The summed E-state index contributed by atoms with van der Waals surface area (Å²) in [6, 6.07) is 3.71. The number of ether oxygens (including phenoxy) is 1. The Morgan fingerprint density at radius 3 is 3.21 bits per heavy atom. The van der Waals surface area contributed by atoms with Gasteiger partial charge in [0.2, 0.25) is 0 Å². The van der Waals surface area contributed by atoms with E-state index >= 15 is 0 Å². The molecule has 2 rings (SSSR count). The van der Waals surface area contributed by atoms with Crippen molar-refractivity contribution in [1.29, 1.82) is 0 Å². The minimum absolute atomic E-state index is 0.0254. The molecule has 19 heavy (non-hydrogen) atoms. The smallest absolute Gasteiger partial charge is 0.188 e. The van der Waals surface area contributed by atoms with Gasteiger partial charge in [-0.2, -0.15) is 0 Å². The highest BCUT2D eigenvalue weighted by atomic mass is 16.5. The first-order chi connectivity index (χ1) is 9.29. The Morgan fingerprint density at radius 1 is 1.58 bits per heavy atom. The molecule has 0 radical (unpaired) electrons. The van der Waals surface area contributed by atoms with Crippen LogP contribution in [0.15, 0.2) is 23.5 Å². The second-order valence-electron chi connectivity index (χ2n) is 4.65. The summed E-state index contributed by atoms with van der Waals surface area (Å²) in [5.74, 6) is 0.0254. The number of hydrogen-bond acceptors (Lipinski definition) is 5. The molecule has 1 fully saturated rings. The van der Waals surface area contributed by atoms with Crippen molar-refractivity contribution in [3.8, 4) is 0 Å². The number of amidine groups is 1. The maximum atomic E-state index is 8.62. The molecule has 1 aliphatic rings. The van der Waals surface area contributed by atoms with E-state index in [9.17, 15) is 0 Å². The molecule has 1 saturated heterocycles. The fourth-order valence-corrected chi connectivity index (χ4v) is 2.12. The molecular formula is C13H20N4O2. The maximum absolute atomic E-state index is 8.62. The van der Waals surface area contributed by atoms with E-state index in [1.165, 1.54) is 12.8 Å². The lowest BCUT2D eigenvalue weighted by atomic mass is 10.1. The first-order valence-electron chi connectivity index (χ1n) is 6.54. The van der Waals surface area contributed by atoms with Crippen LogP contribution in [0, 0.1) is 0 Å². The van der Waals surface area contributed by atoms with Gasteiger partial charge in [-0.1, -0.05) is 5.16 Å². The van der Waals surface area contributed by atoms with Crippen LogP contribution < -0.4 is 11.1 Å². The average molecular weight is 264 g/mol. The van der Waals surface area contributed by atoms with Gasteiger partial charge in [0.25, 0.3) is 0 Å². The number of nitrogens with one attached hydrogen (secondary N) is 1. The van der Waals surface area contributed by atoms with E-state index in [1.807, 2.05) is 12.1 Å². The molecule has 1 aliphatic heterocycles. The summed E-state index contributed by atoms with van der Waals surface area (Å²) in [6.45, 7) is 2.44. The van der Waals surface area contributed by atoms with E-state index in [0.29, 0.717) is 18.3 Å². The second kappa shape index (κ2) is 7.06. The van der Waals surface area contributed by atoms with Gasteiger partial charge < -0.3 is 21.0 Å². The van der Waals surface area contributed by atoms with Gasteiger partial charge in [-0.25, -0.2) is 0 Å². The zero-order chi connectivity index (χ0) is 13.5. The van der Waals surface area contributed by atoms with Gasteiger partial charge in [0, 0.05) is 25.9 Å². The average Bonchev–Trinajstić information content (AvgIpc) is 2.48. The predicted octanol–water partition coefficient (Wildman–Crippen LogP) is 0.835. The molecule has 0 amide bonds. The van der Waals surface area contributed by atoms with Crippen molar-refractivity contribution in [2.24, 2.45) is 10.9 Å². The van der Waals surface area contributed by atoms with Crippen LogP contribution in [-0.2, 0) is 11.3 Å². The van der Waals surface area contributed by atoms with Crippen molar-refractivity contribution in [1.82, 2.24) is 10.3 Å². The number of oxime groups is 1. The van der Waals surface area contributed by atoms with E-state index in [4.69, 9.17) is 15.7 Å². The molecular weight excluding hydrogens is 244 g/mol. The lowest BCUT2D eigenvalue weighted by Gasteiger charge is -2.22. The first kappa shape index (κ1) is 13.8. The Balaban J connectivity index is 1.82. The molecule has 1 aromatic rings. The molecule has 0 aliphatic carbocycles. The van der Waals surface area contributed by atoms with E-state index in [-0.39, 0.29) is 5.84 Å². The van der Waals surface area contributed by atoms with Crippen LogP contribution in [0.3, 0.4) is 0 Å². The van der Waals surface area contributed by atoms with E-state index in [2.05, 4.69) is 15.5 Å². The topological polar surface area (TPSA) is 92.8 Å². The summed E-state index contributed by atoms with van der Waals surface area (Å²) in [6.07, 6.45) is 5.51. The Kier molecular flexibility index (Phi) is 5.11. The van der Waals surface area contributed by atoms with Crippen molar-refractivity contribution in [3.05, 3.63) is 29.6 Å². The van der Waals surface area contributed by atoms with Gasteiger partial charge >= 0.3 is 0 Å². The largest absolute Gasteiger partial charge is 0.409 e. The zero-order valence-corrected chi connectivity index (χ0v) is 10.9. The third kappa shape index (κ3) is 4.18. The molecule has 0 saturated carbocycles. The molecule has 4 N–H and O–H groups in total. The Morgan fingerprint density at radius 2 is 2.47 bits per heavy atom. The SMILES string of the molecule is NC(=NO)c1cc(CNCC2CCCCO2)ccn1. The monoisotopic (exact) mass is 264 g/mol. The van der Waals surface area contributed by atoms with Crippen LogP contribution in [0.5, 0.6) is 0 Å². The lowest BCUT2D eigenvalue weighted by molar-refractivity contribution is 0.0168. The van der Waals surface area contributed by atoms with Gasteiger partial charge in [-0.05, 0) is 37.0 Å². The summed E-state index contributed by atoms with van der Waals surface area (Å²) in [7, 11) is 0. The predicted molar refractivity (Wildman–Crippen MR) is 72.0 cm³/mol. The highest BCUT2D eigenvalue weighted by molar-refractivity contribution is 5.95. The van der Waals surface area contributed by atoms with E-state index in [1.54, 1.807) is 6.20 Å². The molecule has 0 aromatic carbocycles. The van der Waals surface area contributed by atoms with Crippen LogP contribution >= 0.6 is 0 Å². The molecule has 1 unspecified atom stereocenters. The third-order valence-corrected chi connectivity index (χ3v) is 3.17. The highest BCUT2D eigenvalue weighted by Crippen LogP contribution is 2.11. The van der Waals surface area contributed by atoms with E-state index in [0.717, 1.165) is 25.1 Å². The van der Waals surface area contributed by atoms with Crippen molar-refractivity contribution in [3.63, 3.8) is 0 Å². The number of nitrogens with two attached hydrogens (primary N) is 1. The Labute approximate surface area is 112 Å². The molecule has 1 atom stereocenters. The van der Waals surface area contributed by atoms with Crippen molar-refractivity contribution in [2.45, 2.75) is 31.9 Å². The van der Waals surface area contributed by atoms with Crippen molar-refractivity contribution >= 4 is 5.84 Å². The fourth-order valence-electron chi connectivity index (χ4n) is 2.12. The third-order valence-electron chi connectivity index (χ3n) is 3.17. The summed E-state index contributed by atoms with van der Waals surface area (Å²) in [5, 5.41) is 14.9. The summed E-state index contributed by atoms with van der Waals surface area (Å²) in [4.78, 5) is 4.04. The number of hydrogen-bond donors (Lipinski definition) is 3. The van der Waals surface area contributed by atoms with Crippen LogP contribution in [0.2, 0.25) is 0 Å². The number of pyridine rings is 1. The number of aromatic nitrogens is 1. The van der Waals surface area contributed by atoms with Crippen LogP contribution in [0.4, 0.5) is 0 Å². The summed E-state index contributed by atoms with van der Waals surface area (Å²) < 4.78 is 5.65. The molecule has 6 nitrogen and oxygen atoms in total. The van der Waals surface area contributed by atoms with Gasteiger partial charge in [-0.15, -0.1) is 0 Å². The Bertz CT molecular complexity index is 430. The summed E-state index contributed by atoms with van der Waals surface area (Å²) >= 11 is 0.